The van der Waals surface area contributed by atoms with Crippen molar-refractivity contribution in [3.63, 3.8) is 0 Å². The zero-order valence-corrected chi connectivity index (χ0v) is 16.6. The number of rotatable bonds is 9. The molecule has 0 atom stereocenters. The molecule has 25 heavy (non-hydrogen) atoms. The predicted octanol–water partition coefficient (Wildman–Crippen LogP) is 6.71. The fraction of sp³-hybridized carbons (Fsp3) is 0.455. The molecule has 0 saturated carbocycles. The summed E-state index contributed by atoms with van der Waals surface area (Å²) < 4.78 is 11.1. The first-order valence-electron chi connectivity index (χ1n) is 9.05. The summed E-state index contributed by atoms with van der Waals surface area (Å²) in [6, 6.07) is 5.80. The van der Waals surface area contributed by atoms with E-state index in [1.165, 1.54) is 5.57 Å². The molecule has 0 fully saturated rings. The minimum absolute atomic E-state index is 0.451. The van der Waals surface area contributed by atoms with Gasteiger partial charge in [-0.25, -0.2) is 0 Å². The van der Waals surface area contributed by atoms with Gasteiger partial charge in [-0.05, 0) is 51.0 Å². The highest BCUT2D eigenvalue weighted by molar-refractivity contribution is 5.59. The van der Waals surface area contributed by atoms with Crippen LogP contribution in [0, 0.1) is 0 Å². The summed E-state index contributed by atoms with van der Waals surface area (Å²) in [5.74, 6) is 2.02. The van der Waals surface area contributed by atoms with Gasteiger partial charge in [-0.3, -0.25) is 0 Å². The highest BCUT2D eigenvalue weighted by Gasteiger charge is 2.02. The quantitative estimate of drug-likeness (QED) is 0.399. The van der Waals surface area contributed by atoms with E-state index in [2.05, 4.69) is 0 Å². The van der Waals surface area contributed by atoms with Crippen molar-refractivity contribution in [3.05, 3.63) is 53.3 Å². The molecule has 0 aliphatic rings. The molecule has 1 rings (SSSR count). The van der Waals surface area contributed by atoms with Crippen LogP contribution in [0.5, 0.6) is 11.5 Å². The van der Waals surface area contributed by atoms with Gasteiger partial charge in [0.25, 0.3) is 0 Å². The second-order valence-electron chi connectivity index (χ2n) is 5.58. The van der Waals surface area contributed by atoms with Crippen molar-refractivity contribution >= 4 is 6.08 Å². The minimum atomic E-state index is 0.451. The van der Waals surface area contributed by atoms with Gasteiger partial charge >= 0.3 is 0 Å². The predicted molar refractivity (Wildman–Crippen MR) is 109 cm³/mol. The Bertz CT molecular complexity index is 565. The largest absolute Gasteiger partial charge is 0.513 e. The van der Waals surface area contributed by atoms with E-state index in [0.717, 1.165) is 29.9 Å². The van der Waals surface area contributed by atoms with Gasteiger partial charge in [0.2, 0.25) is 0 Å². The Morgan fingerprint density at radius 3 is 2.48 bits per heavy atom. The maximum Gasteiger partial charge on any atom is 0.129 e. The molecule has 0 spiro atoms. The second kappa shape index (κ2) is 14.2. The van der Waals surface area contributed by atoms with Crippen LogP contribution >= 0.6 is 0 Å². The molecule has 3 nitrogen and oxygen atoms in total. The van der Waals surface area contributed by atoms with Gasteiger partial charge in [-0.2, -0.15) is 0 Å². The third-order valence-corrected chi connectivity index (χ3v) is 3.24. The average molecular weight is 347 g/mol. The zero-order valence-electron chi connectivity index (χ0n) is 16.6. The first kappa shape index (κ1) is 22.8. The van der Waals surface area contributed by atoms with E-state index in [1.807, 2.05) is 77.1 Å². The van der Waals surface area contributed by atoms with E-state index in [1.54, 1.807) is 7.11 Å². The molecule has 0 aliphatic carbocycles. The van der Waals surface area contributed by atoms with Gasteiger partial charge in [0.15, 0.2) is 0 Å². The molecule has 0 heterocycles. The van der Waals surface area contributed by atoms with Crippen LogP contribution < -0.4 is 9.47 Å². The topological polar surface area (TPSA) is 38.7 Å². The van der Waals surface area contributed by atoms with Crippen molar-refractivity contribution in [2.75, 3.05) is 13.7 Å². The van der Waals surface area contributed by atoms with Gasteiger partial charge in [0.05, 0.1) is 12.9 Å². The summed E-state index contributed by atoms with van der Waals surface area (Å²) in [7, 11) is 1.65. The number of allylic oxidation sites excluding steroid dienone is 4. The summed E-state index contributed by atoms with van der Waals surface area (Å²) in [4.78, 5) is 0. The number of hydrogen-bond acceptors (Lipinski definition) is 3. The second-order valence-corrected chi connectivity index (χ2v) is 5.58. The van der Waals surface area contributed by atoms with E-state index in [-0.39, 0.29) is 0 Å². The number of benzene rings is 1. The Hall–Kier alpha value is -2.16. The van der Waals surface area contributed by atoms with E-state index < -0.39 is 0 Å². The maximum atomic E-state index is 9.59. The zero-order chi connectivity index (χ0) is 19.1. The molecule has 0 radical (unpaired) electrons. The average Bonchev–Trinajstić information content (AvgIpc) is 2.61. The molecular weight excluding hydrogens is 312 g/mol. The van der Waals surface area contributed by atoms with Crippen molar-refractivity contribution in [2.45, 2.75) is 53.9 Å². The van der Waals surface area contributed by atoms with Crippen LogP contribution in [-0.2, 0) is 0 Å². The summed E-state index contributed by atoms with van der Waals surface area (Å²) in [5.41, 5.74) is 2.22. The number of aliphatic hydroxyl groups excluding tert-OH is 1. The lowest BCUT2D eigenvalue weighted by molar-refractivity contribution is 0.356. The molecule has 0 bridgehead atoms. The Balaban J connectivity index is 0.00000277. The third-order valence-electron chi connectivity index (χ3n) is 3.24. The molecule has 0 saturated heterocycles. The van der Waals surface area contributed by atoms with Crippen molar-refractivity contribution in [1.29, 1.82) is 0 Å². The fourth-order valence-corrected chi connectivity index (χ4v) is 1.98. The Kier molecular flexibility index (Phi) is 13.0. The molecule has 1 aromatic carbocycles. The normalized spacial score (nSPS) is 10.9. The molecular formula is C22H34O3. The van der Waals surface area contributed by atoms with Crippen molar-refractivity contribution < 1.29 is 14.6 Å². The lowest BCUT2D eigenvalue weighted by Crippen LogP contribution is -1.95. The van der Waals surface area contributed by atoms with Crippen molar-refractivity contribution in [2.24, 2.45) is 0 Å². The van der Waals surface area contributed by atoms with Gasteiger partial charge in [-0.15, -0.1) is 0 Å². The van der Waals surface area contributed by atoms with Crippen LogP contribution in [0.25, 0.3) is 6.08 Å². The van der Waals surface area contributed by atoms with Gasteiger partial charge in [0.1, 0.15) is 18.1 Å². The molecule has 1 N–H and O–H groups in total. The number of ether oxygens (including phenoxy) is 2. The third kappa shape index (κ3) is 10.3. The minimum Gasteiger partial charge on any atom is -0.513 e. The molecule has 0 unspecified atom stereocenters. The number of aliphatic hydroxyl groups is 1. The SMILES string of the molecule is CC.CCC/C(O)=C\C/C=C/c1ccc(OCC=C(C)C)cc1OC. The molecule has 3 heteroatoms. The van der Waals surface area contributed by atoms with E-state index >= 15 is 0 Å². The molecule has 0 aromatic heterocycles. The Labute approximate surface area is 153 Å². The van der Waals surface area contributed by atoms with Crippen LogP contribution in [0.15, 0.2) is 47.8 Å². The maximum absolute atomic E-state index is 9.59. The lowest BCUT2D eigenvalue weighted by Gasteiger charge is -2.09. The molecule has 1 aromatic rings. The first-order chi connectivity index (χ1) is 12.1. The first-order valence-corrected chi connectivity index (χ1v) is 9.05. The lowest BCUT2D eigenvalue weighted by atomic mass is 10.1. The number of hydrogen-bond donors (Lipinski definition) is 1. The Morgan fingerprint density at radius 2 is 1.88 bits per heavy atom. The van der Waals surface area contributed by atoms with Gasteiger partial charge in [0, 0.05) is 18.1 Å². The van der Waals surface area contributed by atoms with E-state index in [9.17, 15) is 5.11 Å². The monoisotopic (exact) mass is 346 g/mol. The smallest absolute Gasteiger partial charge is 0.129 e. The molecule has 0 aliphatic heterocycles. The van der Waals surface area contributed by atoms with Crippen molar-refractivity contribution in [3.8, 4) is 11.5 Å². The summed E-state index contributed by atoms with van der Waals surface area (Å²) >= 11 is 0. The summed E-state index contributed by atoms with van der Waals surface area (Å²) in [6.45, 7) is 10.7. The standard InChI is InChI=1S/C20H28O3.C2H6/c1-5-8-18(21)10-7-6-9-17-11-12-19(15-20(17)22-4)23-14-13-16(2)3;1-2/h6,9-13,15,21H,5,7-8,14H2,1-4H3;1-2H3/b9-6+,18-10+;. The number of methoxy groups -OCH3 is 1. The summed E-state index contributed by atoms with van der Waals surface area (Å²) in [5, 5.41) is 9.59. The van der Waals surface area contributed by atoms with Crippen LogP contribution in [0.3, 0.4) is 0 Å². The molecule has 0 amide bonds. The van der Waals surface area contributed by atoms with Crippen LogP contribution in [0.1, 0.15) is 59.4 Å². The fourth-order valence-electron chi connectivity index (χ4n) is 1.98. The Morgan fingerprint density at radius 1 is 1.16 bits per heavy atom. The summed E-state index contributed by atoms with van der Waals surface area (Å²) in [6.07, 6.45) is 10.3. The highest BCUT2D eigenvalue weighted by atomic mass is 16.5. The van der Waals surface area contributed by atoms with Gasteiger partial charge in [-0.1, -0.05) is 38.5 Å². The van der Waals surface area contributed by atoms with E-state index in [0.29, 0.717) is 18.8 Å². The molecule has 140 valence electrons. The van der Waals surface area contributed by atoms with Gasteiger partial charge < -0.3 is 14.6 Å². The van der Waals surface area contributed by atoms with Crippen LogP contribution in [0.2, 0.25) is 0 Å². The van der Waals surface area contributed by atoms with Crippen LogP contribution in [0.4, 0.5) is 0 Å². The van der Waals surface area contributed by atoms with Crippen molar-refractivity contribution in [1.82, 2.24) is 0 Å². The highest BCUT2D eigenvalue weighted by Crippen LogP contribution is 2.26. The van der Waals surface area contributed by atoms with E-state index in [4.69, 9.17) is 9.47 Å². The van der Waals surface area contributed by atoms with Crippen LogP contribution in [-0.4, -0.2) is 18.8 Å².